The molecule has 31 heavy (non-hydrogen) atoms. The SMILES string of the molecule is Cc1cc(F)ccc1N1CCCC(NC(=NCC(=O)N(C)C)NCC2CCOC2)C1.I. The molecule has 0 saturated carbocycles. The number of amides is 1. The summed E-state index contributed by atoms with van der Waals surface area (Å²) >= 11 is 0. The van der Waals surface area contributed by atoms with Crippen molar-refractivity contribution in [2.75, 3.05) is 58.4 Å². The summed E-state index contributed by atoms with van der Waals surface area (Å²) in [7, 11) is 3.47. The summed E-state index contributed by atoms with van der Waals surface area (Å²) in [5.74, 6) is 0.890. The smallest absolute Gasteiger partial charge is 0.243 e. The molecular formula is C22H35FIN5O2. The van der Waals surface area contributed by atoms with Crippen LogP contribution in [0.2, 0.25) is 0 Å². The lowest BCUT2D eigenvalue weighted by atomic mass is 10.0. The summed E-state index contributed by atoms with van der Waals surface area (Å²) in [5.41, 5.74) is 2.01. The fourth-order valence-corrected chi connectivity index (χ4v) is 3.91. The van der Waals surface area contributed by atoms with Crippen molar-refractivity contribution in [3.05, 3.63) is 29.6 Å². The van der Waals surface area contributed by atoms with Crippen molar-refractivity contribution in [2.45, 2.75) is 32.2 Å². The molecule has 1 amide bonds. The van der Waals surface area contributed by atoms with Crippen LogP contribution in [0.15, 0.2) is 23.2 Å². The van der Waals surface area contributed by atoms with E-state index in [9.17, 15) is 9.18 Å². The van der Waals surface area contributed by atoms with E-state index >= 15 is 0 Å². The van der Waals surface area contributed by atoms with Gasteiger partial charge in [0.2, 0.25) is 5.91 Å². The molecule has 0 spiro atoms. The van der Waals surface area contributed by atoms with E-state index in [0.29, 0.717) is 11.9 Å². The summed E-state index contributed by atoms with van der Waals surface area (Å²) in [6, 6.07) is 5.15. The Kier molecular flexibility index (Phi) is 10.3. The minimum absolute atomic E-state index is 0. The number of hydrogen-bond acceptors (Lipinski definition) is 4. The average Bonchev–Trinajstić information content (AvgIpc) is 3.23. The second-order valence-electron chi connectivity index (χ2n) is 8.42. The highest BCUT2D eigenvalue weighted by Gasteiger charge is 2.23. The number of guanidine groups is 1. The molecule has 0 bridgehead atoms. The number of rotatable bonds is 6. The molecule has 2 aliphatic heterocycles. The van der Waals surface area contributed by atoms with E-state index in [2.05, 4.69) is 20.5 Å². The molecule has 9 heteroatoms. The van der Waals surface area contributed by atoms with Crippen molar-refractivity contribution in [3.8, 4) is 0 Å². The third-order valence-electron chi connectivity index (χ3n) is 5.72. The first-order chi connectivity index (χ1) is 14.4. The Morgan fingerprint density at radius 2 is 2.16 bits per heavy atom. The Hall–Kier alpha value is -1.62. The van der Waals surface area contributed by atoms with E-state index < -0.39 is 0 Å². The molecule has 2 heterocycles. The fourth-order valence-electron chi connectivity index (χ4n) is 3.91. The van der Waals surface area contributed by atoms with Gasteiger partial charge < -0.3 is 25.2 Å². The van der Waals surface area contributed by atoms with Gasteiger partial charge in [-0.3, -0.25) is 4.79 Å². The maximum Gasteiger partial charge on any atom is 0.243 e. The lowest BCUT2D eigenvalue weighted by Crippen LogP contribution is -2.52. The molecule has 2 atom stereocenters. The Morgan fingerprint density at radius 1 is 1.35 bits per heavy atom. The van der Waals surface area contributed by atoms with Crippen LogP contribution in [-0.4, -0.2) is 76.3 Å². The van der Waals surface area contributed by atoms with Gasteiger partial charge in [0.25, 0.3) is 0 Å². The minimum atomic E-state index is -0.206. The molecule has 2 aliphatic rings. The number of carbonyl (C=O) groups excluding carboxylic acids is 1. The van der Waals surface area contributed by atoms with E-state index in [-0.39, 0.29) is 48.3 Å². The quantitative estimate of drug-likeness (QED) is 0.326. The maximum absolute atomic E-state index is 13.5. The number of likely N-dealkylation sites (N-methyl/N-ethyl adjacent to an activating group) is 1. The zero-order valence-electron chi connectivity index (χ0n) is 18.7. The van der Waals surface area contributed by atoms with Crippen molar-refractivity contribution in [1.29, 1.82) is 0 Å². The highest BCUT2D eigenvalue weighted by atomic mass is 127. The Morgan fingerprint density at radius 3 is 2.84 bits per heavy atom. The molecule has 2 saturated heterocycles. The predicted octanol–water partition coefficient (Wildman–Crippen LogP) is 2.38. The highest BCUT2D eigenvalue weighted by molar-refractivity contribution is 14.0. The van der Waals surface area contributed by atoms with Crippen LogP contribution >= 0.6 is 24.0 Å². The van der Waals surface area contributed by atoms with Gasteiger partial charge in [-0.2, -0.15) is 0 Å². The van der Waals surface area contributed by atoms with Crippen LogP contribution in [0, 0.1) is 18.7 Å². The molecular weight excluding hydrogens is 512 g/mol. The number of aliphatic imine (C=N–C) groups is 1. The molecule has 0 aliphatic carbocycles. The number of ether oxygens (including phenoxy) is 1. The third-order valence-corrected chi connectivity index (χ3v) is 5.72. The van der Waals surface area contributed by atoms with Crippen molar-refractivity contribution >= 4 is 41.5 Å². The summed E-state index contributed by atoms with van der Waals surface area (Å²) < 4.78 is 18.9. The van der Waals surface area contributed by atoms with Gasteiger partial charge in [-0.05, 0) is 49.9 Å². The predicted molar refractivity (Wildman–Crippen MR) is 133 cm³/mol. The van der Waals surface area contributed by atoms with Crippen molar-refractivity contribution in [1.82, 2.24) is 15.5 Å². The minimum Gasteiger partial charge on any atom is -0.381 e. The van der Waals surface area contributed by atoms with Crippen LogP contribution in [0.25, 0.3) is 0 Å². The zero-order chi connectivity index (χ0) is 21.5. The molecule has 1 aromatic carbocycles. The van der Waals surface area contributed by atoms with Crippen molar-refractivity contribution < 1.29 is 13.9 Å². The number of carbonyl (C=O) groups is 1. The number of nitrogens with one attached hydrogen (secondary N) is 2. The van der Waals surface area contributed by atoms with Crippen molar-refractivity contribution in [2.24, 2.45) is 10.9 Å². The van der Waals surface area contributed by atoms with Gasteiger partial charge in [0, 0.05) is 58.0 Å². The lowest BCUT2D eigenvalue weighted by Gasteiger charge is -2.36. The normalized spacial score (nSPS) is 21.4. The van der Waals surface area contributed by atoms with Crippen LogP contribution in [0.5, 0.6) is 0 Å². The molecule has 2 fully saturated rings. The first-order valence-corrected chi connectivity index (χ1v) is 10.8. The van der Waals surface area contributed by atoms with Gasteiger partial charge in [0.1, 0.15) is 12.4 Å². The van der Waals surface area contributed by atoms with Gasteiger partial charge in [-0.15, -0.1) is 24.0 Å². The van der Waals surface area contributed by atoms with E-state index in [4.69, 9.17) is 4.74 Å². The maximum atomic E-state index is 13.5. The highest BCUT2D eigenvalue weighted by Crippen LogP contribution is 2.24. The van der Waals surface area contributed by atoms with Crippen LogP contribution in [0.3, 0.4) is 0 Å². The van der Waals surface area contributed by atoms with E-state index in [1.807, 2.05) is 13.0 Å². The Balaban J connectivity index is 0.00000341. The van der Waals surface area contributed by atoms with E-state index in [1.165, 1.54) is 6.07 Å². The number of benzene rings is 1. The van der Waals surface area contributed by atoms with Gasteiger partial charge in [-0.25, -0.2) is 9.38 Å². The standard InChI is InChI=1S/C22H34FN5O2.HI/c1-16-11-18(23)6-7-20(16)28-9-4-5-19(14-28)26-22(25-13-21(29)27(2)3)24-12-17-8-10-30-15-17;/h6-7,11,17,19H,4-5,8-10,12-15H2,1-3H3,(H2,24,25,26);1H. The summed E-state index contributed by atoms with van der Waals surface area (Å²) in [5, 5.41) is 6.91. The molecule has 2 N–H and O–H groups in total. The van der Waals surface area contributed by atoms with E-state index in [1.54, 1.807) is 25.1 Å². The van der Waals surface area contributed by atoms with Crippen LogP contribution < -0.4 is 15.5 Å². The number of piperidine rings is 1. The van der Waals surface area contributed by atoms with Gasteiger partial charge in [0.15, 0.2) is 5.96 Å². The van der Waals surface area contributed by atoms with Gasteiger partial charge >= 0.3 is 0 Å². The fraction of sp³-hybridized carbons (Fsp3) is 0.636. The summed E-state index contributed by atoms with van der Waals surface area (Å²) in [6.45, 7) is 6.15. The number of nitrogens with zero attached hydrogens (tertiary/aromatic N) is 3. The summed E-state index contributed by atoms with van der Waals surface area (Å²) in [4.78, 5) is 20.4. The zero-order valence-corrected chi connectivity index (χ0v) is 21.0. The molecule has 3 rings (SSSR count). The molecule has 1 aromatic rings. The Labute approximate surface area is 201 Å². The van der Waals surface area contributed by atoms with Gasteiger partial charge in [-0.1, -0.05) is 0 Å². The lowest BCUT2D eigenvalue weighted by molar-refractivity contribution is -0.127. The third kappa shape index (κ3) is 7.78. The van der Waals surface area contributed by atoms with Crippen molar-refractivity contribution in [3.63, 3.8) is 0 Å². The second kappa shape index (κ2) is 12.4. The van der Waals surface area contributed by atoms with Crippen LogP contribution in [-0.2, 0) is 9.53 Å². The average molecular weight is 547 g/mol. The number of halogens is 2. The topological polar surface area (TPSA) is 69.2 Å². The van der Waals surface area contributed by atoms with Gasteiger partial charge in [0.05, 0.1) is 6.61 Å². The van der Waals surface area contributed by atoms with Crippen LogP contribution in [0.4, 0.5) is 10.1 Å². The first-order valence-electron chi connectivity index (χ1n) is 10.8. The summed E-state index contributed by atoms with van der Waals surface area (Å²) in [6.07, 6.45) is 3.10. The largest absolute Gasteiger partial charge is 0.381 e. The monoisotopic (exact) mass is 547 g/mol. The number of anilines is 1. The second-order valence-corrected chi connectivity index (χ2v) is 8.42. The molecule has 2 unspecified atom stereocenters. The molecule has 7 nitrogen and oxygen atoms in total. The number of aryl methyl sites for hydroxylation is 1. The molecule has 0 aromatic heterocycles. The molecule has 0 radical (unpaired) electrons. The van der Waals surface area contributed by atoms with E-state index in [0.717, 1.165) is 63.4 Å². The Bertz CT molecular complexity index is 755. The first kappa shape index (κ1) is 25.6. The number of hydrogen-bond donors (Lipinski definition) is 2. The van der Waals surface area contributed by atoms with Crippen LogP contribution in [0.1, 0.15) is 24.8 Å². The molecule has 174 valence electrons.